The van der Waals surface area contributed by atoms with Crippen LogP contribution in [0.25, 0.3) is 0 Å². The van der Waals surface area contributed by atoms with Crippen molar-refractivity contribution in [1.82, 2.24) is 4.90 Å². The third-order valence-electron chi connectivity index (χ3n) is 2.66. The van der Waals surface area contributed by atoms with E-state index < -0.39 is 0 Å². The molecule has 1 aliphatic rings. The van der Waals surface area contributed by atoms with Crippen LogP contribution in [0, 0.1) is 0 Å². The molecule has 0 spiro atoms. The Morgan fingerprint density at radius 3 is 2.60 bits per heavy atom. The summed E-state index contributed by atoms with van der Waals surface area (Å²) in [6, 6.07) is 10.3. The largest absolute Gasteiger partial charge is 0.356 e. The van der Waals surface area contributed by atoms with Gasteiger partial charge in [-0.15, -0.1) is 0 Å². The van der Waals surface area contributed by atoms with Crippen molar-refractivity contribution in [2.24, 2.45) is 4.99 Å². The van der Waals surface area contributed by atoms with Crippen LogP contribution in [0.1, 0.15) is 19.4 Å². The van der Waals surface area contributed by atoms with Gasteiger partial charge in [-0.3, -0.25) is 4.99 Å². The number of hydrogen-bond donors (Lipinski definition) is 0. The molecule has 0 fully saturated rings. The molecule has 1 aromatic carbocycles. The number of rotatable bonds is 2. The quantitative estimate of drug-likeness (QED) is 0.716. The van der Waals surface area contributed by atoms with Crippen molar-refractivity contribution in [3.63, 3.8) is 0 Å². The average molecular weight is 200 g/mol. The Kier molecular flexibility index (Phi) is 2.86. The number of nitrogens with zero attached hydrogens (tertiary/aromatic N) is 2. The second-order valence-corrected chi connectivity index (χ2v) is 3.66. The summed E-state index contributed by atoms with van der Waals surface area (Å²) >= 11 is 0. The van der Waals surface area contributed by atoms with Crippen molar-refractivity contribution in [3.8, 4) is 0 Å². The molecule has 0 saturated carbocycles. The third kappa shape index (κ3) is 2.09. The van der Waals surface area contributed by atoms with E-state index in [-0.39, 0.29) is 6.17 Å². The van der Waals surface area contributed by atoms with E-state index in [4.69, 9.17) is 0 Å². The first kappa shape index (κ1) is 9.97. The fraction of sp³-hybridized carbons (Fsp3) is 0.308. The number of benzene rings is 1. The number of allylic oxidation sites excluding steroid dienone is 1. The second kappa shape index (κ2) is 4.30. The van der Waals surface area contributed by atoms with Crippen molar-refractivity contribution in [2.45, 2.75) is 20.0 Å². The highest BCUT2D eigenvalue weighted by Gasteiger charge is 2.12. The average Bonchev–Trinajstić information content (AvgIpc) is 2.30. The Labute approximate surface area is 90.9 Å². The zero-order valence-electron chi connectivity index (χ0n) is 9.22. The van der Waals surface area contributed by atoms with E-state index in [2.05, 4.69) is 48.1 Å². The van der Waals surface area contributed by atoms with Crippen LogP contribution in [0.5, 0.6) is 0 Å². The normalized spacial score (nSPS) is 20.3. The molecule has 1 atom stereocenters. The van der Waals surface area contributed by atoms with Crippen molar-refractivity contribution in [2.75, 3.05) is 6.54 Å². The zero-order valence-corrected chi connectivity index (χ0v) is 9.22. The molecule has 1 unspecified atom stereocenters. The first-order valence-electron chi connectivity index (χ1n) is 5.38. The van der Waals surface area contributed by atoms with Crippen LogP contribution >= 0.6 is 0 Å². The standard InChI is InChI=1S/C13H16N2/c1-3-15-10-9-13(14-11(15)2)12-7-5-4-6-8-12/h4-11H,3H2,1-2H3. The van der Waals surface area contributed by atoms with Gasteiger partial charge in [0, 0.05) is 12.7 Å². The van der Waals surface area contributed by atoms with E-state index in [1.807, 2.05) is 18.2 Å². The highest BCUT2D eigenvalue weighted by molar-refractivity contribution is 6.09. The van der Waals surface area contributed by atoms with Crippen LogP contribution in [-0.4, -0.2) is 23.3 Å². The summed E-state index contributed by atoms with van der Waals surface area (Å²) in [4.78, 5) is 6.88. The fourth-order valence-electron chi connectivity index (χ4n) is 1.76. The van der Waals surface area contributed by atoms with Gasteiger partial charge in [-0.05, 0) is 25.5 Å². The maximum absolute atomic E-state index is 4.66. The van der Waals surface area contributed by atoms with Gasteiger partial charge in [0.05, 0.1) is 5.71 Å². The summed E-state index contributed by atoms with van der Waals surface area (Å²) in [5.74, 6) is 0. The molecule has 1 aliphatic heterocycles. The van der Waals surface area contributed by atoms with E-state index in [0.717, 1.165) is 12.3 Å². The molecule has 2 heteroatoms. The molecule has 2 rings (SSSR count). The minimum absolute atomic E-state index is 0.246. The SMILES string of the molecule is CCN1C=CC(c2ccccc2)=NC1C. The molecule has 78 valence electrons. The maximum Gasteiger partial charge on any atom is 0.118 e. The Hall–Kier alpha value is -1.57. The summed E-state index contributed by atoms with van der Waals surface area (Å²) in [6.45, 7) is 5.27. The third-order valence-corrected chi connectivity index (χ3v) is 2.66. The van der Waals surface area contributed by atoms with Gasteiger partial charge in [0.2, 0.25) is 0 Å². The molecular weight excluding hydrogens is 184 g/mol. The highest BCUT2D eigenvalue weighted by atomic mass is 15.2. The number of aliphatic imine (C=N–C) groups is 1. The van der Waals surface area contributed by atoms with Crippen LogP contribution in [0.2, 0.25) is 0 Å². The Morgan fingerprint density at radius 2 is 2.00 bits per heavy atom. The van der Waals surface area contributed by atoms with Crippen molar-refractivity contribution in [1.29, 1.82) is 0 Å². The Morgan fingerprint density at radius 1 is 1.27 bits per heavy atom. The van der Waals surface area contributed by atoms with E-state index in [1.165, 1.54) is 5.56 Å². The topological polar surface area (TPSA) is 15.6 Å². The van der Waals surface area contributed by atoms with Gasteiger partial charge in [-0.1, -0.05) is 30.3 Å². The van der Waals surface area contributed by atoms with Crippen molar-refractivity contribution >= 4 is 5.71 Å². The van der Waals surface area contributed by atoms with Gasteiger partial charge in [-0.2, -0.15) is 0 Å². The minimum atomic E-state index is 0.246. The lowest BCUT2D eigenvalue weighted by atomic mass is 10.1. The smallest absolute Gasteiger partial charge is 0.118 e. The fourth-order valence-corrected chi connectivity index (χ4v) is 1.76. The zero-order chi connectivity index (χ0) is 10.7. The summed E-state index contributed by atoms with van der Waals surface area (Å²) in [6.07, 6.45) is 4.45. The van der Waals surface area contributed by atoms with E-state index >= 15 is 0 Å². The van der Waals surface area contributed by atoms with E-state index in [0.29, 0.717) is 0 Å². The molecule has 0 radical (unpaired) electrons. The molecule has 1 aromatic rings. The molecule has 0 N–H and O–H groups in total. The molecule has 0 bridgehead atoms. The molecule has 0 aromatic heterocycles. The monoisotopic (exact) mass is 200 g/mol. The highest BCUT2D eigenvalue weighted by Crippen LogP contribution is 2.12. The van der Waals surface area contributed by atoms with Gasteiger partial charge in [0.25, 0.3) is 0 Å². The first-order chi connectivity index (χ1) is 7.31. The second-order valence-electron chi connectivity index (χ2n) is 3.66. The number of hydrogen-bond acceptors (Lipinski definition) is 2. The first-order valence-corrected chi connectivity index (χ1v) is 5.38. The lowest BCUT2D eigenvalue weighted by Crippen LogP contribution is -2.30. The Balaban J connectivity index is 2.24. The molecule has 15 heavy (non-hydrogen) atoms. The molecule has 1 heterocycles. The lowest BCUT2D eigenvalue weighted by Gasteiger charge is -2.27. The van der Waals surface area contributed by atoms with Crippen molar-refractivity contribution in [3.05, 3.63) is 48.2 Å². The van der Waals surface area contributed by atoms with Crippen LogP contribution < -0.4 is 0 Å². The predicted molar refractivity (Wildman–Crippen MR) is 64.0 cm³/mol. The summed E-state index contributed by atoms with van der Waals surface area (Å²) in [5.41, 5.74) is 2.27. The molecule has 0 saturated heterocycles. The van der Waals surface area contributed by atoms with Crippen LogP contribution in [0.15, 0.2) is 47.6 Å². The van der Waals surface area contributed by atoms with Gasteiger partial charge in [0.1, 0.15) is 6.17 Å². The summed E-state index contributed by atoms with van der Waals surface area (Å²) < 4.78 is 0. The van der Waals surface area contributed by atoms with Gasteiger partial charge in [0.15, 0.2) is 0 Å². The predicted octanol–water partition coefficient (Wildman–Crippen LogP) is 2.67. The Bertz CT molecular complexity index is 379. The minimum Gasteiger partial charge on any atom is -0.356 e. The van der Waals surface area contributed by atoms with E-state index in [9.17, 15) is 0 Å². The maximum atomic E-state index is 4.66. The van der Waals surface area contributed by atoms with Crippen LogP contribution in [0.3, 0.4) is 0 Å². The van der Waals surface area contributed by atoms with Crippen LogP contribution in [-0.2, 0) is 0 Å². The lowest BCUT2D eigenvalue weighted by molar-refractivity contribution is 0.313. The van der Waals surface area contributed by atoms with Gasteiger partial charge < -0.3 is 4.90 Å². The molecule has 2 nitrogen and oxygen atoms in total. The summed E-state index contributed by atoms with van der Waals surface area (Å²) in [7, 11) is 0. The van der Waals surface area contributed by atoms with Crippen molar-refractivity contribution < 1.29 is 0 Å². The molecular formula is C13H16N2. The summed E-state index contributed by atoms with van der Waals surface area (Å²) in [5, 5.41) is 0. The van der Waals surface area contributed by atoms with E-state index in [1.54, 1.807) is 0 Å². The molecule has 0 aliphatic carbocycles. The molecule has 0 amide bonds. The van der Waals surface area contributed by atoms with Gasteiger partial charge in [-0.25, -0.2) is 0 Å². The van der Waals surface area contributed by atoms with Gasteiger partial charge >= 0.3 is 0 Å². The van der Waals surface area contributed by atoms with Crippen LogP contribution in [0.4, 0.5) is 0 Å².